The van der Waals surface area contributed by atoms with Crippen molar-refractivity contribution >= 4 is 22.8 Å². The zero-order valence-corrected chi connectivity index (χ0v) is 16.3. The average molecular weight is 399 g/mol. The number of rotatable bonds is 4. The highest BCUT2D eigenvalue weighted by Gasteiger charge is 2.18. The summed E-state index contributed by atoms with van der Waals surface area (Å²) in [6.07, 6.45) is 0.621. The first-order valence-electron chi connectivity index (χ1n) is 9.07. The van der Waals surface area contributed by atoms with Crippen LogP contribution in [-0.4, -0.2) is 28.0 Å². The Morgan fingerprint density at radius 3 is 2.70 bits per heavy atom. The van der Waals surface area contributed by atoms with Crippen molar-refractivity contribution in [2.24, 2.45) is 0 Å². The molecule has 0 bridgehead atoms. The van der Waals surface area contributed by atoms with E-state index in [1.54, 1.807) is 31.4 Å². The molecular formula is C22H17N5O3. The number of nitriles is 1. The van der Waals surface area contributed by atoms with Crippen molar-refractivity contribution in [1.82, 2.24) is 14.8 Å². The van der Waals surface area contributed by atoms with Gasteiger partial charge in [0.15, 0.2) is 11.6 Å². The van der Waals surface area contributed by atoms with Crippen LogP contribution in [0.4, 0.5) is 10.6 Å². The van der Waals surface area contributed by atoms with Gasteiger partial charge in [-0.2, -0.15) is 15.0 Å². The number of ether oxygens (including phenoxy) is 2. The monoisotopic (exact) mass is 399 g/mol. The molecule has 0 aliphatic heterocycles. The van der Waals surface area contributed by atoms with Crippen LogP contribution in [0.15, 0.2) is 60.8 Å². The summed E-state index contributed by atoms with van der Waals surface area (Å²) in [7, 11) is 1.58. The largest absolute Gasteiger partial charge is 0.494 e. The Balaban J connectivity index is 1.75. The number of carbonyl (C=O) groups excluding carboxylic acids is 1. The van der Waals surface area contributed by atoms with E-state index in [9.17, 15) is 10.1 Å². The first-order chi connectivity index (χ1) is 14.6. The standard InChI is InChI=1S/C22H17N5O3/c1-14-11-19(25-20-17(14)9-6-10-18(20)29-2)27-21(15(12-23)13-24-27)26-22(28)30-16-7-4-3-5-8-16/h3-11,13H,1-2H3,(H,26,28). The molecule has 2 heterocycles. The van der Waals surface area contributed by atoms with Crippen LogP contribution in [0.2, 0.25) is 0 Å². The summed E-state index contributed by atoms with van der Waals surface area (Å²) >= 11 is 0. The van der Waals surface area contributed by atoms with Gasteiger partial charge in [-0.3, -0.25) is 5.32 Å². The molecule has 8 nitrogen and oxygen atoms in total. The van der Waals surface area contributed by atoms with Crippen molar-refractivity contribution in [3.8, 4) is 23.4 Å². The fourth-order valence-electron chi connectivity index (χ4n) is 3.09. The molecule has 4 aromatic rings. The van der Waals surface area contributed by atoms with Gasteiger partial charge in [0.1, 0.15) is 28.6 Å². The predicted molar refractivity (Wildman–Crippen MR) is 111 cm³/mol. The third-order valence-corrected chi connectivity index (χ3v) is 4.50. The fourth-order valence-corrected chi connectivity index (χ4v) is 3.09. The van der Waals surface area contributed by atoms with Crippen LogP contribution in [0.25, 0.3) is 16.7 Å². The van der Waals surface area contributed by atoms with Gasteiger partial charge in [0.2, 0.25) is 0 Å². The summed E-state index contributed by atoms with van der Waals surface area (Å²) in [5.41, 5.74) is 1.78. The number of nitrogens with one attached hydrogen (secondary N) is 1. The Morgan fingerprint density at radius 2 is 1.97 bits per heavy atom. The quantitative estimate of drug-likeness (QED) is 0.551. The number of para-hydroxylation sites is 2. The lowest BCUT2D eigenvalue weighted by molar-refractivity contribution is 0.215. The summed E-state index contributed by atoms with van der Waals surface area (Å²) < 4.78 is 12.1. The molecule has 0 saturated heterocycles. The van der Waals surface area contributed by atoms with Crippen LogP contribution in [-0.2, 0) is 0 Å². The van der Waals surface area contributed by atoms with Gasteiger partial charge in [0.25, 0.3) is 0 Å². The number of carbonyl (C=O) groups is 1. The SMILES string of the molecule is COc1cccc2c(C)cc(-n3ncc(C#N)c3NC(=O)Oc3ccccc3)nc12. The molecule has 0 saturated carbocycles. The van der Waals surface area contributed by atoms with Crippen LogP contribution in [0.1, 0.15) is 11.1 Å². The topological polar surface area (TPSA) is 102 Å². The lowest BCUT2D eigenvalue weighted by atomic mass is 10.1. The molecule has 0 aliphatic rings. The number of pyridine rings is 1. The van der Waals surface area contributed by atoms with Crippen LogP contribution >= 0.6 is 0 Å². The second kappa shape index (κ2) is 7.93. The van der Waals surface area contributed by atoms with Gasteiger partial charge in [0, 0.05) is 5.39 Å². The molecule has 0 spiro atoms. The van der Waals surface area contributed by atoms with Crippen molar-refractivity contribution in [2.45, 2.75) is 6.92 Å². The summed E-state index contributed by atoms with van der Waals surface area (Å²) in [6, 6.07) is 18.1. The highest BCUT2D eigenvalue weighted by Crippen LogP contribution is 2.29. The molecule has 30 heavy (non-hydrogen) atoms. The highest BCUT2D eigenvalue weighted by atomic mass is 16.6. The van der Waals surface area contributed by atoms with E-state index >= 15 is 0 Å². The van der Waals surface area contributed by atoms with Gasteiger partial charge in [-0.15, -0.1) is 0 Å². The number of methoxy groups -OCH3 is 1. The molecule has 0 unspecified atom stereocenters. The number of aromatic nitrogens is 3. The van der Waals surface area contributed by atoms with E-state index in [0.29, 0.717) is 22.8 Å². The molecule has 0 fully saturated rings. The maximum Gasteiger partial charge on any atom is 0.418 e. The van der Waals surface area contributed by atoms with E-state index in [0.717, 1.165) is 10.9 Å². The van der Waals surface area contributed by atoms with Crippen LogP contribution in [0.3, 0.4) is 0 Å². The van der Waals surface area contributed by atoms with Crippen molar-refractivity contribution in [3.63, 3.8) is 0 Å². The van der Waals surface area contributed by atoms with Gasteiger partial charge in [0.05, 0.1) is 13.3 Å². The number of benzene rings is 2. The number of nitrogens with zero attached hydrogens (tertiary/aromatic N) is 4. The molecule has 8 heteroatoms. The Hall–Kier alpha value is -4.38. The Kier molecular flexibility index (Phi) is 5.01. The minimum atomic E-state index is -0.741. The molecule has 4 rings (SSSR count). The van der Waals surface area contributed by atoms with Crippen LogP contribution in [0, 0.1) is 18.3 Å². The highest BCUT2D eigenvalue weighted by molar-refractivity contribution is 5.89. The molecule has 0 radical (unpaired) electrons. The van der Waals surface area contributed by atoms with E-state index in [1.165, 1.54) is 10.9 Å². The Labute approximate surface area is 172 Å². The molecule has 148 valence electrons. The lowest BCUT2D eigenvalue weighted by Crippen LogP contribution is -2.20. The zero-order valence-electron chi connectivity index (χ0n) is 16.3. The molecule has 1 amide bonds. The first kappa shape index (κ1) is 19.0. The lowest BCUT2D eigenvalue weighted by Gasteiger charge is -2.12. The van der Waals surface area contributed by atoms with E-state index in [1.807, 2.05) is 43.3 Å². The van der Waals surface area contributed by atoms with Crippen LogP contribution < -0.4 is 14.8 Å². The predicted octanol–water partition coefficient (Wildman–Crippen LogP) is 4.22. The number of aryl methyl sites for hydroxylation is 1. The third kappa shape index (κ3) is 3.52. The molecule has 0 atom stereocenters. The second-order valence-electron chi connectivity index (χ2n) is 6.41. The zero-order chi connectivity index (χ0) is 21.1. The summed E-state index contributed by atoms with van der Waals surface area (Å²) in [4.78, 5) is 17.0. The number of hydrogen-bond donors (Lipinski definition) is 1. The normalized spacial score (nSPS) is 10.4. The molecular weight excluding hydrogens is 382 g/mol. The second-order valence-corrected chi connectivity index (χ2v) is 6.41. The number of amides is 1. The number of anilines is 1. The molecule has 2 aromatic carbocycles. The van der Waals surface area contributed by atoms with Gasteiger partial charge < -0.3 is 9.47 Å². The summed E-state index contributed by atoms with van der Waals surface area (Å²) in [6.45, 7) is 1.94. The minimum Gasteiger partial charge on any atom is -0.494 e. The number of fused-ring (bicyclic) bond motifs is 1. The fraction of sp³-hybridized carbons (Fsp3) is 0.0909. The van der Waals surface area contributed by atoms with Gasteiger partial charge >= 0.3 is 6.09 Å². The summed E-state index contributed by atoms with van der Waals surface area (Å²) in [5, 5.41) is 17.2. The molecule has 2 aromatic heterocycles. The Morgan fingerprint density at radius 1 is 1.17 bits per heavy atom. The van der Waals surface area contributed by atoms with Crippen molar-refractivity contribution in [3.05, 3.63) is 71.9 Å². The maximum absolute atomic E-state index is 12.4. The first-order valence-corrected chi connectivity index (χ1v) is 9.07. The van der Waals surface area contributed by atoms with E-state index in [-0.39, 0.29) is 11.4 Å². The van der Waals surface area contributed by atoms with Gasteiger partial charge in [-0.25, -0.2) is 9.78 Å². The van der Waals surface area contributed by atoms with Crippen molar-refractivity contribution in [2.75, 3.05) is 12.4 Å². The summed E-state index contributed by atoms with van der Waals surface area (Å²) in [5.74, 6) is 1.59. The van der Waals surface area contributed by atoms with Gasteiger partial charge in [-0.05, 0) is 36.8 Å². The van der Waals surface area contributed by atoms with Gasteiger partial charge in [-0.1, -0.05) is 30.3 Å². The molecule has 0 aliphatic carbocycles. The minimum absolute atomic E-state index is 0.166. The smallest absolute Gasteiger partial charge is 0.418 e. The third-order valence-electron chi connectivity index (χ3n) is 4.50. The van der Waals surface area contributed by atoms with E-state index in [4.69, 9.17) is 9.47 Å². The number of hydrogen-bond acceptors (Lipinski definition) is 6. The maximum atomic E-state index is 12.4. The van der Waals surface area contributed by atoms with Crippen molar-refractivity contribution < 1.29 is 14.3 Å². The average Bonchev–Trinajstić information content (AvgIpc) is 3.16. The van der Waals surface area contributed by atoms with E-state index < -0.39 is 6.09 Å². The Bertz CT molecular complexity index is 1280. The van der Waals surface area contributed by atoms with E-state index in [2.05, 4.69) is 15.4 Å². The molecule has 1 N–H and O–H groups in total. The van der Waals surface area contributed by atoms with Crippen molar-refractivity contribution in [1.29, 1.82) is 5.26 Å². The van der Waals surface area contributed by atoms with Crippen LogP contribution in [0.5, 0.6) is 11.5 Å².